The highest BCUT2D eigenvalue weighted by atomic mass is 32.1. The van der Waals surface area contributed by atoms with Crippen LogP contribution in [0.1, 0.15) is 57.3 Å². The Kier molecular flexibility index (Phi) is 6.05. The Morgan fingerprint density at radius 1 is 1.06 bits per heavy atom. The lowest BCUT2D eigenvalue weighted by atomic mass is 9.95. The summed E-state index contributed by atoms with van der Waals surface area (Å²) in [6, 6.07) is 20.5. The van der Waals surface area contributed by atoms with Gasteiger partial charge in [0.2, 0.25) is 0 Å². The molecule has 2 amide bonds. The van der Waals surface area contributed by atoms with Crippen LogP contribution in [-0.4, -0.2) is 22.6 Å². The molecule has 0 spiro atoms. The van der Waals surface area contributed by atoms with Gasteiger partial charge in [-0.15, -0.1) is 11.3 Å². The molecule has 6 heteroatoms. The van der Waals surface area contributed by atoms with E-state index in [4.69, 9.17) is 4.74 Å². The van der Waals surface area contributed by atoms with Gasteiger partial charge in [-0.2, -0.15) is 0 Å². The number of aromatic nitrogens is 1. The number of rotatable bonds is 4. The summed E-state index contributed by atoms with van der Waals surface area (Å²) in [5, 5.41) is 4.49. The zero-order valence-corrected chi connectivity index (χ0v) is 21.6. The molecular weight excluding hydrogens is 466 g/mol. The number of ether oxygens (including phenoxy) is 1. The SMILES string of the molecule is COc1cccc(CNC(=O)N2Cc3c(sc4c3CCCC4)-n3cccc3C2c2cccc(C)c2)c1. The maximum absolute atomic E-state index is 14.0. The quantitative estimate of drug-likeness (QED) is 0.348. The van der Waals surface area contributed by atoms with Gasteiger partial charge >= 0.3 is 6.03 Å². The van der Waals surface area contributed by atoms with E-state index in [0.717, 1.165) is 35.4 Å². The zero-order chi connectivity index (χ0) is 24.6. The lowest BCUT2D eigenvalue weighted by Crippen LogP contribution is -2.41. The van der Waals surface area contributed by atoms with Crippen LogP contribution in [0.25, 0.3) is 5.00 Å². The molecule has 5 nitrogen and oxygen atoms in total. The molecule has 0 bridgehead atoms. The van der Waals surface area contributed by atoms with Crippen molar-refractivity contribution in [1.29, 1.82) is 0 Å². The Morgan fingerprint density at radius 2 is 1.92 bits per heavy atom. The van der Waals surface area contributed by atoms with Gasteiger partial charge < -0.3 is 19.5 Å². The van der Waals surface area contributed by atoms with E-state index in [1.807, 2.05) is 40.5 Å². The standard InChI is InChI=1S/C30H31N3O2S/c1-20-8-5-10-22(16-20)28-26-13-7-15-32(26)29-25(24-12-3-4-14-27(24)36-29)19-33(28)30(34)31-18-21-9-6-11-23(17-21)35-2/h5-11,13,15-17,28H,3-4,12,14,18-19H2,1-2H3,(H,31,34). The predicted octanol–water partition coefficient (Wildman–Crippen LogP) is 6.55. The summed E-state index contributed by atoms with van der Waals surface area (Å²) < 4.78 is 7.70. The minimum atomic E-state index is -0.177. The second-order valence-corrected chi connectivity index (χ2v) is 10.8. The van der Waals surface area contributed by atoms with E-state index in [9.17, 15) is 4.79 Å². The number of hydrogen-bond acceptors (Lipinski definition) is 3. The minimum absolute atomic E-state index is 0.0549. The Bertz CT molecular complexity index is 1420. The zero-order valence-electron chi connectivity index (χ0n) is 20.8. The summed E-state index contributed by atoms with van der Waals surface area (Å²) in [6.45, 7) is 3.16. The number of benzene rings is 2. The summed E-state index contributed by atoms with van der Waals surface area (Å²) in [6.07, 6.45) is 6.88. The fourth-order valence-corrected chi connectivity index (χ4v) is 7.04. The summed E-state index contributed by atoms with van der Waals surface area (Å²) in [7, 11) is 1.66. The number of amides is 2. The number of fused-ring (bicyclic) bond motifs is 5. The Labute approximate surface area is 216 Å². The van der Waals surface area contributed by atoms with Gasteiger partial charge in [-0.25, -0.2) is 4.79 Å². The van der Waals surface area contributed by atoms with Gasteiger partial charge in [-0.1, -0.05) is 42.0 Å². The predicted molar refractivity (Wildman–Crippen MR) is 144 cm³/mol. The van der Waals surface area contributed by atoms with Crippen molar-refractivity contribution in [3.05, 3.63) is 105 Å². The fourth-order valence-electron chi connectivity index (χ4n) is 5.64. The molecule has 0 radical (unpaired) electrons. The van der Waals surface area contributed by atoms with E-state index in [-0.39, 0.29) is 12.1 Å². The van der Waals surface area contributed by atoms with Crippen LogP contribution in [0.4, 0.5) is 4.79 Å². The molecule has 6 rings (SSSR count). The molecule has 1 unspecified atom stereocenters. The molecule has 0 saturated heterocycles. The fraction of sp³-hybridized carbons (Fsp3) is 0.300. The highest BCUT2D eigenvalue weighted by molar-refractivity contribution is 7.15. The first-order chi connectivity index (χ1) is 17.6. The number of carbonyl (C=O) groups excluding carboxylic acids is 1. The first-order valence-corrected chi connectivity index (χ1v) is 13.5. The molecule has 0 saturated carbocycles. The van der Waals surface area contributed by atoms with Gasteiger partial charge in [0.25, 0.3) is 0 Å². The largest absolute Gasteiger partial charge is 0.497 e. The number of nitrogens with one attached hydrogen (secondary N) is 1. The molecule has 1 N–H and O–H groups in total. The van der Waals surface area contributed by atoms with Crippen molar-refractivity contribution in [3.8, 4) is 10.8 Å². The van der Waals surface area contributed by atoms with Crippen LogP contribution >= 0.6 is 11.3 Å². The molecular formula is C30H31N3O2S. The molecule has 3 heterocycles. The highest BCUT2D eigenvalue weighted by Gasteiger charge is 2.36. The van der Waals surface area contributed by atoms with E-state index in [1.165, 1.54) is 39.4 Å². The Morgan fingerprint density at radius 3 is 2.78 bits per heavy atom. The second kappa shape index (κ2) is 9.51. The van der Waals surface area contributed by atoms with E-state index < -0.39 is 0 Å². The monoisotopic (exact) mass is 497 g/mol. The average molecular weight is 498 g/mol. The summed E-state index contributed by atoms with van der Waals surface area (Å²) >= 11 is 1.92. The van der Waals surface area contributed by atoms with Gasteiger partial charge in [0, 0.05) is 23.2 Å². The van der Waals surface area contributed by atoms with Crippen LogP contribution in [0, 0.1) is 6.92 Å². The van der Waals surface area contributed by atoms with Crippen molar-refractivity contribution >= 4 is 17.4 Å². The maximum atomic E-state index is 14.0. The second-order valence-electron chi connectivity index (χ2n) is 9.75. The molecule has 36 heavy (non-hydrogen) atoms. The van der Waals surface area contributed by atoms with Gasteiger partial charge in [0.15, 0.2) is 0 Å². The topological polar surface area (TPSA) is 46.5 Å². The molecule has 184 valence electrons. The molecule has 2 aromatic carbocycles. The van der Waals surface area contributed by atoms with Crippen LogP contribution in [0.3, 0.4) is 0 Å². The van der Waals surface area contributed by atoms with Crippen LogP contribution in [0.15, 0.2) is 66.9 Å². The van der Waals surface area contributed by atoms with Crippen LogP contribution in [0.5, 0.6) is 5.75 Å². The van der Waals surface area contributed by atoms with Crippen LogP contribution in [0.2, 0.25) is 0 Å². The van der Waals surface area contributed by atoms with Crippen molar-refractivity contribution in [1.82, 2.24) is 14.8 Å². The molecule has 0 fully saturated rings. The Hall–Kier alpha value is -3.51. The molecule has 1 aliphatic heterocycles. The van der Waals surface area contributed by atoms with E-state index in [2.05, 4.69) is 59.4 Å². The summed E-state index contributed by atoms with van der Waals surface area (Å²) in [5.74, 6) is 0.793. The summed E-state index contributed by atoms with van der Waals surface area (Å²) in [5.41, 5.74) is 7.26. The molecule has 1 aliphatic carbocycles. The van der Waals surface area contributed by atoms with Gasteiger partial charge in [-0.3, -0.25) is 0 Å². The molecule has 4 aromatic rings. The number of thiophene rings is 1. The third-order valence-corrected chi connectivity index (χ3v) is 8.71. The van der Waals surface area contributed by atoms with Crippen molar-refractivity contribution < 1.29 is 9.53 Å². The third kappa shape index (κ3) is 4.09. The van der Waals surface area contributed by atoms with Crippen LogP contribution < -0.4 is 10.1 Å². The number of urea groups is 1. The van der Waals surface area contributed by atoms with Crippen molar-refractivity contribution in [2.24, 2.45) is 0 Å². The van der Waals surface area contributed by atoms with Crippen molar-refractivity contribution in [2.75, 3.05) is 7.11 Å². The number of nitrogens with zero attached hydrogens (tertiary/aromatic N) is 2. The van der Waals surface area contributed by atoms with E-state index in [0.29, 0.717) is 13.1 Å². The normalized spacial score (nSPS) is 16.5. The molecule has 2 aliphatic rings. The smallest absolute Gasteiger partial charge is 0.318 e. The molecule has 1 atom stereocenters. The first kappa shape index (κ1) is 22.9. The lowest BCUT2D eigenvalue weighted by Gasteiger charge is -2.31. The first-order valence-electron chi connectivity index (χ1n) is 12.7. The molecule has 2 aromatic heterocycles. The van der Waals surface area contributed by atoms with Gasteiger partial charge in [0.05, 0.1) is 25.4 Å². The third-order valence-electron chi connectivity index (χ3n) is 7.38. The maximum Gasteiger partial charge on any atom is 0.318 e. The minimum Gasteiger partial charge on any atom is -0.497 e. The lowest BCUT2D eigenvalue weighted by molar-refractivity contribution is 0.180. The average Bonchev–Trinajstić information content (AvgIpc) is 3.49. The van der Waals surface area contributed by atoms with E-state index in [1.54, 1.807) is 7.11 Å². The van der Waals surface area contributed by atoms with Crippen molar-refractivity contribution in [3.63, 3.8) is 0 Å². The number of carbonyl (C=O) groups is 1. The number of methoxy groups -OCH3 is 1. The number of hydrogen-bond donors (Lipinski definition) is 1. The van der Waals surface area contributed by atoms with Crippen molar-refractivity contribution in [2.45, 2.75) is 51.7 Å². The Balaban J connectivity index is 1.42. The van der Waals surface area contributed by atoms with E-state index >= 15 is 0 Å². The van der Waals surface area contributed by atoms with Crippen LogP contribution in [-0.2, 0) is 25.9 Å². The van der Waals surface area contributed by atoms with Gasteiger partial charge in [0.1, 0.15) is 10.8 Å². The van der Waals surface area contributed by atoms with Gasteiger partial charge in [-0.05, 0) is 73.6 Å². The summed E-state index contributed by atoms with van der Waals surface area (Å²) in [4.78, 5) is 17.5. The number of aryl methyl sites for hydroxylation is 2. The highest BCUT2D eigenvalue weighted by Crippen LogP contribution is 2.44.